The van der Waals surface area contributed by atoms with Crippen molar-refractivity contribution in [1.29, 1.82) is 10.5 Å². The monoisotopic (exact) mass is 438 g/mol. The molecule has 160 valence electrons. The first kappa shape index (κ1) is 22.5. The first-order valence-electron chi connectivity index (χ1n) is 9.97. The Labute approximate surface area is 185 Å². The zero-order valence-electron chi connectivity index (χ0n) is 17.1. The number of alkyl halides is 1. The molecule has 1 fully saturated rings. The highest BCUT2D eigenvalue weighted by Crippen LogP contribution is 2.39. The summed E-state index contributed by atoms with van der Waals surface area (Å²) in [6.45, 7) is 3.18. The van der Waals surface area contributed by atoms with Gasteiger partial charge >= 0.3 is 0 Å². The van der Waals surface area contributed by atoms with Crippen LogP contribution in [0, 0.1) is 22.7 Å². The van der Waals surface area contributed by atoms with Crippen LogP contribution in [0.1, 0.15) is 34.4 Å². The molecule has 1 amide bonds. The highest BCUT2D eigenvalue weighted by Gasteiger charge is 2.28. The fraction of sp³-hybridized carbons (Fsp3) is 0.364. The van der Waals surface area contributed by atoms with Gasteiger partial charge in [0.15, 0.2) is 0 Å². The summed E-state index contributed by atoms with van der Waals surface area (Å²) in [7, 11) is 0. The molecule has 0 bridgehead atoms. The number of hydrogen-bond donors (Lipinski definition) is 2. The Kier molecular flexibility index (Phi) is 7.45. The van der Waals surface area contributed by atoms with Gasteiger partial charge in [-0.25, -0.2) is 9.37 Å². The quantitative estimate of drug-likeness (QED) is 0.665. The highest BCUT2D eigenvalue weighted by atomic mass is 32.2. The number of halogens is 1. The van der Waals surface area contributed by atoms with Crippen LogP contribution in [0.2, 0.25) is 0 Å². The number of rotatable bonds is 6. The standard InChI is InChI=1S/C22H23FN6OS/c1-2-16-17(10-24)21(29-9-8-27-12-15(23)13-29)28-22(18(16)11-25)31-19(20(26)30)14-6-4-3-5-7-14/h3-7,15,19,27H,2,8-9,12-13H2,1H3,(H2,26,30). The van der Waals surface area contributed by atoms with E-state index in [0.29, 0.717) is 41.5 Å². The van der Waals surface area contributed by atoms with Crippen LogP contribution >= 0.6 is 11.8 Å². The summed E-state index contributed by atoms with van der Waals surface area (Å²) in [5.41, 5.74) is 7.42. The summed E-state index contributed by atoms with van der Waals surface area (Å²) in [5, 5.41) is 22.3. The van der Waals surface area contributed by atoms with E-state index in [-0.39, 0.29) is 24.2 Å². The summed E-state index contributed by atoms with van der Waals surface area (Å²) < 4.78 is 14.2. The van der Waals surface area contributed by atoms with Gasteiger partial charge in [-0.3, -0.25) is 4.79 Å². The van der Waals surface area contributed by atoms with Gasteiger partial charge in [0.2, 0.25) is 5.91 Å². The van der Waals surface area contributed by atoms with Crippen molar-refractivity contribution in [2.45, 2.75) is 29.8 Å². The van der Waals surface area contributed by atoms with Gasteiger partial charge in [-0.1, -0.05) is 49.0 Å². The number of carbonyl (C=O) groups excluding carboxylic acids is 1. The van der Waals surface area contributed by atoms with E-state index in [4.69, 9.17) is 5.73 Å². The normalized spacial score (nSPS) is 17.3. The average Bonchev–Trinajstić information content (AvgIpc) is 3.00. The number of anilines is 1. The summed E-state index contributed by atoms with van der Waals surface area (Å²) in [6, 6.07) is 13.3. The smallest absolute Gasteiger partial charge is 0.235 e. The summed E-state index contributed by atoms with van der Waals surface area (Å²) in [4.78, 5) is 18.6. The van der Waals surface area contributed by atoms with E-state index in [9.17, 15) is 19.7 Å². The lowest BCUT2D eigenvalue weighted by atomic mass is 10.0. The molecule has 0 radical (unpaired) electrons. The van der Waals surface area contributed by atoms with Gasteiger partial charge < -0.3 is 16.0 Å². The predicted molar refractivity (Wildman–Crippen MR) is 117 cm³/mol. The first-order valence-corrected chi connectivity index (χ1v) is 10.9. The molecule has 2 heterocycles. The number of carbonyl (C=O) groups is 1. The zero-order chi connectivity index (χ0) is 22.4. The predicted octanol–water partition coefficient (Wildman–Crippen LogP) is 2.45. The van der Waals surface area contributed by atoms with Gasteiger partial charge in [-0.15, -0.1) is 0 Å². The van der Waals surface area contributed by atoms with Crippen molar-refractivity contribution in [1.82, 2.24) is 10.3 Å². The summed E-state index contributed by atoms with van der Waals surface area (Å²) >= 11 is 1.08. The Morgan fingerprint density at radius 2 is 2.06 bits per heavy atom. The number of hydrogen-bond acceptors (Lipinski definition) is 7. The number of benzene rings is 1. The second kappa shape index (κ2) is 10.3. The number of amides is 1. The first-order chi connectivity index (χ1) is 15.0. The highest BCUT2D eigenvalue weighted by molar-refractivity contribution is 8.00. The summed E-state index contributed by atoms with van der Waals surface area (Å²) in [5.74, 6) is -0.225. The maximum atomic E-state index is 14.2. The Morgan fingerprint density at radius 1 is 1.35 bits per heavy atom. The van der Waals surface area contributed by atoms with Crippen LogP contribution < -0.4 is 16.0 Å². The fourth-order valence-electron chi connectivity index (χ4n) is 3.59. The van der Waals surface area contributed by atoms with Gasteiger partial charge in [0, 0.05) is 19.6 Å². The number of nitrogens with two attached hydrogens (primary N) is 1. The number of thioether (sulfide) groups is 1. The Bertz CT molecular complexity index is 1030. The number of pyridine rings is 1. The molecule has 3 rings (SSSR count). The van der Waals surface area contributed by atoms with Crippen molar-refractivity contribution in [3.8, 4) is 12.1 Å². The molecule has 1 saturated heterocycles. The molecule has 0 spiro atoms. The van der Waals surface area contributed by atoms with Crippen LogP contribution in [0.15, 0.2) is 35.4 Å². The second-order valence-electron chi connectivity index (χ2n) is 7.10. The van der Waals surface area contributed by atoms with Crippen molar-refractivity contribution < 1.29 is 9.18 Å². The molecule has 3 N–H and O–H groups in total. The number of nitriles is 2. The lowest BCUT2D eigenvalue weighted by Crippen LogP contribution is -2.32. The molecule has 1 aliphatic rings. The van der Waals surface area contributed by atoms with Crippen molar-refractivity contribution in [2.24, 2.45) is 5.73 Å². The van der Waals surface area contributed by atoms with Gasteiger partial charge in [0.1, 0.15) is 34.4 Å². The van der Waals surface area contributed by atoms with E-state index in [1.165, 1.54) is 0 Å². The van der Waals surface area contributed by atoms with Crippen LogP contribution in [0.4, 0.5) is 10.2 Å². The van der Waals surface area contributed by atoms with Crippen molar-refractivity contribution in [3.63, 3.8) is 0 Å². The van der Waals surface area contributed by atoms with Crippen LogP contribution in [0.5, 0.6) is 0 Å². The van der Waals surface area contributed by atoms with E-state index in [1.54, 1.807) is 29.2 Å². The molecule has 9 heteroatoms. The van der Waals surface area contributed by atoms with Crippen LogP contribution in [0.25, 0.3) is 0 Å². The third kappa shape index (κ3) is 4.96. The maximum absolute atomic E-state index is 14.2. The minimum atomic E-state index is -1.12. The van der Waals surface area contributed by atoms with E-state index in [0.717, 1.165) is 11.8 Å². The Hall–Kier alpha value is -3.14. The van der Waals surface area contributed by atoms with Gasteiger partial charge in [-0.2, -0.15) is 10.5 Å². The topological polar surface area (TPSA) is 119 Å². The van der Waals surface area contributed by atoms with Crippen LogP contribution in [-0.4, -0.2) is 43.2 Å². The third-order valence-electron chi connectivity index (χ3n) is 5.06. The van der Waals surface area contributed by atoms with Crippen molar-refractivity contribution >= 4 is 23.5 Å². The molecule has 1 aliphatic heterocycles. The van der Waals surface area contributed by atoms with Gasteiger partial charge in [0.25, 0.3) is 0 Å². The molecule has 1 aromatic carbocycles. The van der Waals surface area contributed by atoms with Crippen LogP contribution in [-0.2, 0) is 11.2 Å². The minimum Gasteiger partial charge on any atom is -0.368 e. The van der Waals surface area contributed by atoms with Gasteiger partial charge in [-0.05, 0) is 17.5 Å². The summed E-state index contributed by atoms with van der Waals surface area (Å²) in [6.07, 6.45) is -0.692. The molecule has 0 aliphatic carbocycles. The molecule has 2 atom stereocenters. The molecule has 31 heavy (non-hydrogen) atoms. The molecular weight excluding hydrogens is 415 g/mol. The molecule has 0 saturated carbocycles. The fourth-order valence-corrected chi connectivity index (χ4v) is 4.65. The van der Waals surface area contributed by atoms with E-state index in [1.807, 2.05) is 13.0 Å². The second-order valence-corrected chi connectivity index (χ2v) is 8.20. The van der Waals surface area contributed by atoms with Crippen LogP contribution in [0.3, 0.4) is 0 Å². The zero-order valence-corrected chi connectivity index (χ0v) is 18.0. The average molecular weight is 439 g/mol. The molecule has 7 nitrogen and oxygen atoms in total. The number of nitrogens with one attached hydrogen (secondary N) is 1. The van der Waals surface area contributed by atoms with Crippen molar-refractivity contribution in [3.05, 3.63) is 52.6 Å². The molecular formula is C22H23FN6OS. The Morgan fingerprint density at radius 3 is 2.68 bits per heavy atom. The number of primary amides is 1. The third-order valence-corrected chi connectivity index (χ3v) is 6.32. The molecule has 2 unspecified atom stereocenters. The number of aromatic nitrogens is 1. The van der Waals surface area contributed by atoms with E-state index in [2.05, 4.69) is 22.4 Å². The van der Waals surface area contributed by atoms with E-state index >= 15 is 0 Å². The minimum absolute atomic E-state index is 0.0891. The SMILES string of the molecule is CCc1c(C#N)c(SC(C(N)=O)c2ccccc2)nc(N2CCNCC(F)C2)c1C#N. The number of nitrogens with zero attached hydrogens (tertiary/aromatic N) is 4. The Balaban J connectivity index is 2.14. The van der Waals surface area contributed by atoms with Crippen molar-refractivity contribution in [2.75, 3.05) is 31.1 Å². The lowest BCUT2D eigenvalue weighted by molar-refractivity contribution is -0.117. The largest absolute Gasteiger partial charge is 0.368 e. The molecule has 2 aromatic rings. The van der Waals surface area contributed by atoms with Gasteiger partial charge in [0.05, 0.1) is 17.7 Å². The molecule has 1 aromatic heterocycles. The van der Waals surface area contributed by atoms with E-state index < -0.39 is 17.3 Å². The maximum Gasteiger partial charge on any atom is 0.235 e. The lowest BCUT2D eigenvalue weighted by Gasteiger charge is -2.26.